The molecule has 1 aromatic carbocycles. The van der Waals surface area contributed by atoms with Crippen LogP contribution in [0.4, 0.5) is 15.1 Å². The summed E-state index contributed by atoms with van der Waals surface area (Å²) in [5, 5.41) is 0. The van der Waals surface area contributed by atoms with Crippen molar-refractivity contribution in [2.75, 3.05) is 5.73 Å². The Morgan fingerprint density at radius 3 is 2.70 bits per heavy atom. The van der Waals surface area contributed by atoms with Gasteiger partial charge in [0.05, 0.1) is 17.6 Å². The molecule has 0 atom stereocenters. The van der Waals surface area contributed by atoms with Gasteiger partial charge in [0, 0.05) is 11.6 Å². The lowest BCUT2D eigenvalue weighted by atomic mass is 10.1. The second-order valence-electron chi connectivity index (χ2n) is 4.63. The summed E-state index contributed by atoms with van der Waals surface area (Å²) in [5.41, 5.74) is 12.0. The third kappa shape index (κ3) is 2.95. The van der Waals surface area contributed by atoms with E-state index in [-0.39, 0.29) is 23.1 Å². The largest absolute Gasteiger partial charge is 0.410 e. The van der Waals surface area contributed by atoms with E-state index in [9.17, 15) is 9.18 Å². The van der Waals surface area contributed by atoms with Crippen LogP contribution in [0.15, 0.2) is 42.6 Å². The van der Waals surface area contributed by atoms with Gasteiger partial charge in [0.2, 0.25) is 5.95 Å². The van der Waals surface area contributed by atoms with E-state index in [1.165, 1.54) is 6.07 Å². The zero-order valence-corrected chi connectivity index (χ0v) is 11.8. The summed E-state index contributed by atoms with van der Waals surface area (Å²) in [6.07, 6.45) is -0.00891. The Labute approximate surface area is 130 Å². The van der Waals surface area contributed by atoms with E-state index in [0.717, 1.165) is 11.8 Å². The zero-order chi connectivity index (χ0) is 16.4. The fraction of sp³-hybridized carbons (Fsp3) is 0. The number of rotatable bonds is 3. The minimum atomic E-state index is -0.976. The standard InChI is InChI=1S/C15H12FN5O2/c16-9-7-19-14(17)21-13(9)10-6-11(23-15(18)22)12(20-10)8-4-2-1-3-5-8/h1-7,20H,(H2,18,22)(H2,17,19,21). The summed E-state index contributed by atoms with van der Waals surface area (Å²) in [6, 6.07) is 10.5. The number of aromatic nitrogens is 3. The number of hydrogen-bond acceptors (Lipinski definition) is 5. The number of nitrogens with two attached hydrogens (primary N) is 2. The van der Waals surface area contributed by atoms with Gasteiger partial charge in [0.1, 0.15) is 5.69 Å². The van der Waals surface area contributed by atoms with Crippen molar-refractivity contribution in [3.05, 3.63) is 48.4 Å². The predicted octanol–water partition coefficient (Wildman–Crippen LogP) is 2.32. The first-order valence-corrected chi connectivity index (χ1v) is 6.58. The highest BCUT2D eigenvalue weighted by Gasteiger charge is 2.18. The lowest BCUT2D eigenvalue weighted by Gasteiger charge is -2.03. The summed E-state index contributed by atoms with van der Waals surface area (Å²) < 4.78 is 18.9. The molecule has 5 N–H and O–H groups in total. The van der Waals surface area contributed by atoms with Crippen LogP contribution in [0.5, 0.6) is 5.75 Å². The molecule has 0 aliphatic rings. The number of primary amides is 1. The average Bonchev–Trinajstić information content (AvgIpc) is 2.93. The molecule has 0 unspecified atom stereocenters. The Hall–Kier alpha value is -3.42. The Morgan fingerprint density at radius 1 is 1.26 bits per heavy atom. The molecule has 3 rings (SSSR count). The first-order valence-electron chi connectivity index (χ1n) is 6.58. The molecule has 0 spiro atoms. The van der Waals surface area contributed by atoms with E-state index >= 15 is 0 Å². The Kier molecular flexibility index (Phi) is 3.63. The minimum Gasteiger partial charge on any atom is -0.408 e. The fourth-order valence-electron chi connectivity index (χ4n) is 2.14. The number of carbonyl (C=O) groups excluding carboxylic acids is 1. The van der Waals surface area contributed by atoms with Crippen molar-refractivity contribution in [2.24, 2.45) is 5.73 Å². The number of hydrogen-bond donors (Lipinski definition) is 3. The Morgan fingerprint density at radius 2 is 2.00 bits per heavy atom. The first-order chi connectivity index (χ1) is 11.0. The maximum absolute atomic E-state index is 13.9. The molecule has 0 radical (unpaired) electrons. The number of nitrogen functional groups attached to an aromatic ring is 1. The number of nitrogens with zero attached hydrogens (tertiary/aromatic N) is 2. The molecular formula is C15H12FN5O2. The number of nitrogens with one attached hydrogen (secondary N) is 1. The van der Waals surface area contributed by atoms with Crippen molar-refractivity contribution in [2.45, 2.75) is 0 Å². The number of benzene rings is 1. The van der Waals surface area contributed by atoms with Gasteiger partial charge in [-0.25, -0.2) is 19.2 Å². The third-order valence-corrected chi connectivity index (χ3v) is 3.07. The molecule has 0 aliphatic carbocycles. The third-order valence-electron chi connectivity index (χ3n) is 3.07. The normalized spacial score (nSPS) is 10.5. The molecule has 7 nitrogen and oxygen atoms in total. The SMILES string of the molecule is NC(=O)Oc1cc(-c2nc(N)ncc2F)[nH]c1-c1ccccc1. The number of amides is 1. The van der Waals surface area contributed by atoms with Crippen LogP contribution in [0.1, 0.15) is 0 Å². The molecule has 0 fully saturated rings. The van der Waals surface area contributed by atoms with Gasteiger partial charge < -0.3 is 21.2 Å². The van der Waals surface area contributed by atoms with Gasteiger partial charge in [-0.2, -0.15) is 0 Å². The van der Waals surface area contributed by atoms with Crippen molar-refractivity contribution < 1.29 is 13.9 Å². The van der Waals surface area contributed by atoms with Gasteiger partial charge >= 0.3 is 6.09 Å². The summed E-state index contributed by atoms with van der Waals surface area (Å²) >= 11 is 0. The number of aromatic amines is 1. The van der Waals surface area contributed by atoms with E-state index in [2.05, 4.69) is 15.0 Å². The van der Waals surface area contributed by atoms with Crippen molar-refractivity contribution in [3.8, 4) is 28.4 Å². The Bertz CT molecular complexity index is 864. The van der Waals surface area contributed by atoms with Crippen LogP contribution < -0.4 is 16.2 Å². The molecule has 0 bridgehead atoms. The van der Waals surface area contributed by atoms with Crippen molar-refractivity contribution in [3.63, 3.8) is 0 Å². The molecule has 0 saturated heterocycles. The molecule has 2 heterocycles. The molecule has 2 aromatic heterocycles. The van der Waals surface area contributed by atoms with Crippen LogP contribution in [-0.2, 0) is 0 Å². The van der Waals surface area contributed by atoms with Crippen LogP contribution in [0.3, 0.4) is 0 Å². The highest BCUT2D eigenvalue weighted by molar-refractivity contribution is 5.78. The van der Waals surface area contributed by atoms with Crippen molar-refractivity contribution in [1.82, 2.24) is 15.0 Å². The maximum Gasteiger partial charge on any atom is 0.410 e. The number of halogens is 1. The molecule has 116 valence electrons. The number of H-pyrrole nitrogens is 1. The summed E-state index contributed by atoms with van der Waals surface area (Å²) in [6.45, 7) is 0. The van der Waals surface area contributed by atoms with E-state index in [1.54, 1.807) is 12.1 Å². The lowest BCUT2D eigenvalue weighted by molar-refractivity contribution is 0.211. The highest BCUT2D eigenvalue weighted by Crippen LogP contribution is 2.34. The highest BCUT2D eigenvalue weighted by atomic mass is 19.1. The maximum atomic E-state index is 13.9. The summed E-state index contributed by atoms with van der Waals surface area (Å²) in [7, 11) is 0. The molecule has 0 saturated carbocycles. The fourth-order valence-corrected chi connectivity index (χ4v) is 2.14. The monoisotopic (exact) mass is 313 g/mol. The van der Waals surface area contributed by atoms with Crippen molar-refractivity contribution in [1.29, 1.82) is 0 Å². The molecule has 23 heavy (non-hydrogen) atoms. The van der Waals surface area contributed by atoms with Crippen LogP contribution in [0.2, 0.25) is 0 Å². The zero-order valence-electron chi connectivity index (χ0n) is 11.8. The average molecular weight is 313 g/mol. The van der Waals surface area contributed by atoms with Crippen LogP contribution in [-0.4, -0.2) is 21.0 Å². The first kappa shape index (κ1) is 14.5. The quantitative estimate of drug-likeness (QED) is 0.685. The van der Waals surface area contributed by atoms with Crippen LogP contribution >= 0.6 is 0 Å². The van der Waals surface area contributed by atoms with Gasteiger partial charge in [-0.15, -0.1) is 0 Å². The Balaban J connectivity index is 2.15. The van der Waals surface area contributed by atoms with Gasteiger partial charge in [-0.05, 0) is 0 Å². The molecule has 8 heteroatoms. The van der Waals surface area contributed by atoms with E-state index in [0.29, 0.717) is 5.69 Å². The summed E-state index contributed by atoms with van der Waals surface area (Å²) in [4.78, 5) is 21.5. The van der Waals surface area contributed by atoms with E-state index in [4.69, 9.17) is 16.2 Å². The molecular weight excluding hydrogens is 301 g/mol. The predicted molar refractivity (Wildman–Crippen MR) is 81.8 cm³/mol. The van der Waals surface area contributed by atoms with E-state index in [1.807, 2.05) is 18.2 Å². The van der Waals surface area contributed by atoms with Gasteiger partial charge in [0.15, 0.2) is 11.6 Å². The minimum absolute atomic E-state index is 0.0333. The van der Waals surface area contributed by atoms with Gasteiger partial charge in [-0.1, -0.05) is 30.3 Å². The van der Waals surface area contributed by atoms with E-state index < -0.39 is 11.9 Å². The van der Waals surface area contributed by atoms with Gasteiger partial charge in [0.25, 0.3) is 0 Å². The second kappa shape index (κ2) is 5.76. The molecule has 0 aliphatic heterocycles. The summed E-state index contributed by atoms with van der Waals surface area (Å²) in [5.74, 6) is -0.574. The van der Waals surface area contributed by atoms with Crippen molar-refractivity contribution >= 4 is 12.0 Å². The topological polar surface area (TPSA) is 120 Å². The van der Waals surface area contributed by atoms with Crippen LogP contribution in [0, 0.1) is 5.82 Å². The second-order valence-corrected chi connectivity index (χ2v) is 4.63. The molecule has 3 aromatic rings. The smallest absolute Gasteiger partial charge is 0.408 e. The molecule has 1 amide bonds. The number of carbonyl (C=O) groups is 1. The van der Waals surface area contributed by atoms with Crippen LogP contribution in [0.25, 0.3) is 22.6 Å². The number of ether oxygens (including phenoxy) is 1. The van der Waals surface area contributed by atoms with Gasteiger partial charge in [-0.3, -0.25) is 0 Å². The lowest BCUT2D eigenvalue weighted by Crippen LogP contribution is -2.16. The number of anilines is 1.